The zero-order valence-corrected chi connectivity index (χ0v) is 8.37. The normalized spacial score (nSPS) is 31.2. The molecule has 0 aromatic carbocycles. The summed E-state index contributed by atoms with van der Waals surface area (Å²) in [6, 6.07) is 0. The van der Waals surface area contributed by atoms with Gasteiger partial charge in [0.1, 0.15) is 5.67 Å². The lowest BCUT2D eigenvalue weighted by atomic mass is 9.97. The Morgan fingerprint density at radius 3 is 2.75 bits per heavy atom. The molecule has 0 aromatic rings. The summed E-state index contributed by atoms with van der Waals surface area (Å²) in [6.07, 6.45) is 1.67. The number of alkyl halides is 1. The van der Waals surface area contributed by atoms with Crippen LogP contribution in [0.25, 0.3) is 0 Å². The average molecular weight is 197 g/mol. The van der Waals surface area contributed by atoms with Gasteiger partial charge in [-0.25, -0.2) is 4.39 Å². The summed E-state index contributed by atoms with van der Waals surface area (Å²) in [4.78, 5) is 2.10. The predicted molar refractivity (Wildman–Crippen MR) is 51.5 cm³/mol. The summed E-state index contributed by atoms with van der Waals surface area (Å²) in [5.74, 6) is 0. The lowest BCUT2D eigenvalue weighted by Gasteiger charge is -2.34. The second kappa shape index (κ2) is 5.00. The van der Waals surface area contributed by atoms with Crippen LogP contribution in [0.1, 0.15) is 19.8 Å². The molecule has 1 saturated heterocycles. The van der Waals surface area contributed by atoms with Crippen molar-refractivity contribution in [3.8, 4) is 0 Å². The largest absolute Gasteiger partial charge is 0.329 e. The number of hydrogen-bond donors (Lipinski definition) is 1. The standard InChI is InChI=1S/C8H17FN2.ClH/c1-8(9)3-2-5-11(7-8)6-4-10;/h2-7,10H2,1H3;1H. The molecule has 2 nitrogen and oxygen atoms in total. The number of rotatable bonds is 2. The molecule has 4 heteroatoms. The molecular weight excluding hydrogens is 179 g/mol. The van der Waals surface area contributed by atoms with E-state index in [-0.39, 0.29) is 12.4 Å². The molecule has 74 valence electrons. The highest BCUT2D eigenvalue weighted by molar-refractivity contribution is 5.85. The minimum Gasteiger partial charge on any atom is -0.329 e. The first kappa shape index (κ1) is 12.1. The van der Waals surface area contributed by atoms with Gasteiger partial charge in [0.2, 0.25) is 0 Å². The van der Waals surface area contributed by atoms with Gasteiger partial charge in [-0.05, 0) is 26.3 Å². The van der Waals surface area contributed by atoms with E-state index in [0.717, 1.165) is 19.5 Å². The quantitative estimate of drug-likeness (QED) is 0.719. The Morgan fingerprint density at radius 1 is 1.58 bits per heavy atom. The topological polar surface area (TPSA) is 29.3 Å². The molecule has 1 unspecified atom stereocenters. The van der Waals surface area contributed by atoms with Crippen LogP contribution in [0.3, 0.4) is 0 Å². The molecule has 0 radical (unpaired) electrons. The lowest BCUT2D eigenvalue weighted by Crippen LogP contribution is -2.45. The van der Waals surface area contributed by atoms with Crippen molar-refractivity contribution in [3.05, 3.63) is 0 Å². The van der Waals surface area contributed by atoms with E-state index in [4.69, 9.17) is 5.73 Å². The third-order valence-corrected chi connectivity index (χ3v) is 2.17. The summed E-state index contributed by atoms with van der Waals surface area (Å²) in [5.41, 5.74) is 4.41. The van der Waals surface area contributed by atoms with Gasteiger partial charge in [-0.1, -0.05) is 0 Å². The number of nitrogens with two attached hydrogens (primary N) is 1. The Labute approximate surface area is 79.7 Å². The second-order valence-electron chi connectivity index (χ2n) is 3.58. The van der Waals surface area contributed by atoms with Gasteiger partial charge in [-0.2, -0.15) is 0 Å². The molecule has 1 atom stereocenters. The Hall–Kier alpha value is 0.140. The van der Waals surface area contributed by atoms with Gasteiger partial charge in [0.25, 0.3) is 0 Å². The van der Waals surface area contributed by atoms with E-state index in [1.54, 1.807) is 6.92 Å². The van der Waals surface area contributed by atoms with Crippen molar-refractivity contribution >= 4 is 12.4 Å². The fourth-order valence-electron chi connectivity index (χ4n) is 1.67. The number of likely N-dealkylation sites (tertiary alicyclic amines) is 1. The first-order valence-corrected chi connectivity index (χ1v) is 4.25. The number of piperidine rings is 1. The summed E-state index contributed by atoms with van der Waals surface area (Å²) < 4.78 is 13.4. The maximum atomic E-state index is 13.4. The second-order valence-corrected chi connectivity index (χ2v) is 3.58. The molecule has 0 spiro atoms. The van der Waals surface area contributed by atoms with Crippen LogP contribution >= 0.6 is 12.4 Å². The van der Waals surface area contributed by atoms with Crippen molar-refractivity contribution in [2.45, 2.75) is 25.4 Å². The molecule has 12 heavy (non-hydrogen) atoms. The van der Waals surface area contributed by atoms with E-state index < -0.39 is 5.67 Å². The van der Waals surface area contributed by atoms with Crippen molar-refractivity contribution in [1.82, 2.24) is 4.90 Å². The van der Waals surface area contributed by atoms with Gasteiger partial charge in [0.15, 0.2) is 0 Å². The molecule has 0 bridgehead atoms. The molecule has 1 fully saturated rings. The zero-order chi connectivity index (χ0) is 8.32. The SMILES string of the molecule is CC1(F)CCCN(CCN)C1.Cl. The Balaban J connectivity index is 0.00000121. The highest BCUT2D eigenvalue weighted by atomic mass is 35.5. The van der Waals surface area contributed by atoms with Gasteiger partial charge in [0.05, 0.1) is 0 Å². The molecule has 1 heterocycles. The molecule has 1 aliphatic rings. The average Bonchev–Trinajstić information content (AvgIpc) is 1.85. The van der Waals surface area contributed by atoms with Gasteiger partial charge >= 0.3 is 0 Å². The monoisotopic (exact) mass is 196 g/mol. The minimum absolute atomic E-state index is 0. The van der Waals surface area contributed by atoms with Gasteiger partial charge < -0.3 is 5.73 Å². The number of hydrogen-bond acceptors (Lipinski definition) is 2. The van der Waals surface area contributed by atoms with E-state index in [0.29, 0.717) is 19.5 Å². The molecule has 1 aliphatic heterocycles. The molecule has 1 rings (SSSR count). The number of halogens is 2. The molecule has 0 saturated carbocycles. The van der Waals surface area contributed by atoms with Crippen LogP contribution in [0.15, 0.2) is 0 Å². The Morgan fingerprint density at radius 2 is 2.25 bits per heavy atom. The zero-order valence-electron chi connectivity index (χ0n) is 7.55. The van der Waals surface area contributed by atoms with Crippen molar-refractivity contribution in [2.24, 2.45) is 5.73 Å². The van der Waals surface area contributed by atoms with E-state index >= 15 is 0 Å². The van der Waals surface area contributed by atoms with Crippen molar-refractivity contribution in [3.63, 3.8) is 0 Å². The van der Waals surface area contributed by atoms with E-state index in [1.807, 2.05) is 0 Å². The van der Waals surface area contributed by atoms with E-state index in [1.165, 1.54) is 0 Å². The van der Waals surface area contributed by atoms with Crippen LogP contribution in [0, 0.1) is 0 Å². The minimum atomic E-state index is -0.979. The molecule has 2 N–H and O–H groups in total. The van der Waals surface area contributed by atoms with Crippen LogP contribution < -0.4 is 5.73 Å². The smallest absolute Gasteiger partial charge is 0.120 e. The molecule has 0 aliphatic carbocycles. The number of nitrogens with zero attached hydrogens (tertiary/aromatic N) is 1. The van der Waals surface area contributed by atoms with Crippen molar-refractivity contribution < 1.29 is 4.39 Å². The van der Waals surface area contributed by atoms with Crippen LogP contribution in [0.2, 0.25) is 0 Å². The molecular formula is C8H18ClFN2. The van der Waals surface area contributed by atoms with Crippen molar-refractivity contribution in [2.75, 3.05) is 26.2 Å². The highest BCUT2D eigenvalue weighted by Crippen LogP contribution is 2.23. The molecule has 0 aromatic heterocycles. The van der Waals surface area contributed by atoms with E-state index in [2.05, 4.69) is 4.90 Å². The predicted octanol–water partition coefficient (Wildman–Crippen LogP) is 1.19. The molecule has 0 amide bonds. The first-order valence-electron chi connectivity index (χ1n) is 4.25. The van der Waals surface area contributed by atoms with Gasteiger partial charge in [0, 0.05) is 19.6 Å². The summed E-state index contributed by atoms with van der Waals surface area (Å²) >= 11 is 0. The summed E-state index contributed by atoms with van der Waals surface area (Å²) in [6.45, 7) is 4.71. The lowest BCUT2D eigenvalue weighted by molar-refractivity contribution is 0.0625. The van der Waals surface area contributed by atoms with E-state index in [9.17, 15) is 4.39 Å². The fourth-order valence-corrected chi connectivity index (χ4v) is 1.67. The van der Waals surface area contributed by atoms with Crippen molar-refractivity contribution in [1.29, 1.82) is 0 Å². The summed E-state index contributed by atoms with van der Waals surface area (Å²) in [5, 5.41) is 0. The first-order chi connectivity index (χ1) is 5.14. The van der Waals surface area contributed by atoms with Crippen LogP contribution in [-0.2, 0) is 0 Å². The Bertz CT molecular complexity index is 128. The maximum Gasteiger partial charge on any atom is 0.120 e. The van der Waals surface area contributed by atoms with Crippen LogP contribution in [0.4, 0.5) is 4.39 Å². The van der Waals surface area contributed by atoms with Gasteiger partial charge in [-0.3, -0.25) is 4.90 Å². The van der Waals surface area contributed by atoms with Crippen LogP contribution in [-0.4, -0.2) is 36.7 Å². The highest BCUT2D eigenvalue weighted by Gasteiger charge is 2.29. The van der Waals surface area contributed by atoms with Crippen LogP contribution in [0.5, 0.6) is 0 Å². The fraction of sp³-hybridized carbons (Fsp3) is 1.00. The van der Waals surface area contributed by atoms with Gasteiger partial charge in [-0.15, -0.1) is 12.4 Å². The third kappa shape index (κ3) is 3.70. The third-order valence-electron chi connectivity index (χ3n) is 2.17. The summed E-state index contributed by atoms with van der Waals surface area (Å²) in [7, 11) is 0. The Kier molecular flexibility index (Phi) is 5.06. The maximum absolute atomic E-state index is 13.4.